The van der Waals surface area contributed by atoms with E-state index in [0.717, 1.165) is 5.56 Å². The van der Waals surface area contributed by atoms with Gasteiger partial charge in [0.1, 0.15) is 42.4 Å². The largest absolute Gasteiger partial charge is 0.382 e. The van der Waals surface area contributed by atoms with Crippen LogP contribution in [0.5, 0.6) is 0 Å². The van der Waals surface area contributed by atoms with Crippen LogP contribution in [0, 0.1) is 23.7 Å². The molecule has 0 aliphatic carbocycles. The molecule has 22 nitrogen and oxygen atoms in total. The van der Waals surface area contributed by atoms with E-state index in [0.29, 0.717) is 17.5 Å². The summed E-state index contributed by atoms with van der Waals surface area (Å²) in [4.78, 5) is 177. The summed E-state index contributed by atoms with van der Waals surface area (Å²) in [6.07, 6.45) is -1.11. The maximum Gasteiger partial charge on any atom is 0.250 e. The first-order valence-electron chi connectivity index (χ1n) is 32.6. The molecule has 0 aromatic heterocycles. The predicted octanol–water partition coefficient (Wildman–Crippen LogP) is 4.52. The first kappa shape index (κ1) is 79.0. The lowest BCUT2D eigenvalue weighted by Crippen LogP contribution is -2.59. The van der Waals surface area contributed by atoms with Gasteiger partial charge < -0.3 is 51.3 Å². The molecule has 1 saturated heterocycles. The molecule has 9 amide bonds. The molecule has 0 radical (unpaired) electrons. The van der Waals surface area contributed by atoms with Gasteiger partial charge in [-0.25, -0.2) is 0 Å². The number of carbonyl (C=O) groups is 12. The van der Waals surface area contributed by atoms with Gasteiger partial charge in [0.05, 0.1) is 18.1 Å². The maximum absolute atomic E-state index is 14.8. The molecular weight excluding hydrogens is 1240 g/mol. The number of nitrogens with one attached hydrogen (secondary N) is 5. The average molecular weight is 1340 g/mol. The third-order valence-corrected chi connectivity index (χ3v) is 18.1. The van der Waals surface area contributed by atoms with Crippen LogP contribution in [0.1, 0.15) is 130 Å². The number of thiol groups is 2. The van der Waals surface area contributed by atoms with Crippen molar-refractivity contribution in [3.8, 4) is 0 Å². The van der Waals surface area contributed by atoms with E-state index >= 15 is 0 Å². The van der Waals surface area contributed by atoms with Crippen molar-refractivity contribution in [2.45, 2.75) is 193 Å². The smallest absolute Gasteiger partial charge is 0.250 e. The SMILES string of the molecule is CC(C)C[C@@H]1NC(=O)[C@@H](NC(=O)[C@H](Cc2ccccc2)NC(=O)C(O)CS)CCCCCC(=O)[C@H](CS)NC(=O)[C@H](Cc2ccccc2)CC(=O)[C@H](C)NC(=O)[C@H](C)N(C)C(=O)[C@H](Cc2ccccc2)N(C)C(=O)[C@H](C)CC(=O)[C@H](CC(C)C)N(C)C(=O)[C@H](C)N(C)C1=O. The second-order valence-electron chi connectivity index (χ2n) is 25.9. The van der Waals surface area contributed by atoms with Gasteiger partial charge in [0.2, 0.25) is 53.2 Å². The summed E-state index contributed by atoms with van der Waals surface area (Å²) in [6, 6.07) is 15.9. The zero-order valence-electron chi connectivity index (χ0n) is 56.7. The summed E-state index contributed by atoms with van der Waals surface area (Å²) in [5.74, 6) is -10.1. The fourth-order valence-corrected chi connectivity index (χ4v) is 11.7. The number of hydrogen-bond donors (Lipinski definition) is 8. The van der Waals surface area contributed by atoms with Crippen molar-refractivity contribution in [2.75, 3.05) is 39.7 Å². The van der Waals surface area contributed by atoms with Crippen LogP contribution in [0.3, 0.4) is 0 Å². The van der Waals surface area contributed by atoms with Crippen molar-refractivity contribution >= 4 is 95.8 Å². The van der Waals surface area contributed by atoms with Crippen LogP contribution < -0.4 is 26.6 Å². The van der Waals surface area contributed by atoms with E-state index in [1.165, 1.54) is 68.6 Å². The molecule has 94 heavy (non-hydrogen) atoms. The van der Waals surface area contributed by atoms with E-state index in [-0.39, 0.29) is 99.8 Å². The van der Waals surface area contributed by atoms with E-state index in [1.54, 1.807) is 97.9 Å². The van der Waals surface area contributed by atoms with Crippen LogP contribution in [0.2, 0.25) is 0 Å². The molecule has 1 fully saturated rings. The van der Waals surface area contributed by atoms with Crippen molar-refractivity contribution in [2.24, 2.45) is 23.7 Å². The number of hydrogen-bond acceptors (Lipinski definition) is 15. The number of benzene rings is 3. The number of aliphatic hydroxyl groups excluding tert-OH is 1. The Balaban J connectivity index is 1.79. The monoisotopic (exact) mass is 1340 g/mol. The minimum absolute atomic E-state index is 0.0241. The first-order valence-corrected chi connectivity index (χ1v) is 33.8. The topological polar surface area (TPSA) is 298 Å². The number of aliphatic hydroxyl groups is 1. The van der Waals surface area contributed by atoms with E-state index in [2.05, 4.69) is 51.8 Å². The summed E-state index contributed by atoms with van der Waals surface area (Å²) in [7, 11) is 5.73. The summed E-state index contributed by atoms with van der Waals surface area (Å²) in [5.41, 5.74) is 2.08. The van der Waals surface area contributed by atoms with E-state index in [1.807, 2.05) is 27.7 Å². The van der Waals surface area contributed by atoms with Gasteiger partial charge in [0.25, 0.3) is 0 Å². The molecule has 6 N–H and O–H groups in total. The normalized spacial score (nSPS) is 24.9. The Morgan fingerprint density at radius 1 is 0.543 bits per heavy atom. The van der Waals surface area contributed by atoms with Crippen LogP contribution in [0.25, 0.3) is 0 Å². The average Bonchev–Trinajstić information content (AvgIpc) is 0.882. The number of amides is 9. The summed E-state index contributed by atoms with van der Waals surface area (Å²) in [6.45, 7) is 13.4. The number of nitrogens with zero attached hydrogens (tertiary/aromatic N) is 4. The number of carbonyl (C=O) groups excluding carboxylic acids is 12. The fraction of sp³-hybridized carbons (Fsp3) is 0.571. The Morgan fingerprint density at radius 3 is 1.63 bits per heavy atom. The first-order chi connectivity index (χ1) is 44.4. The molecule has 0 saturated carbocycles. The molecule has 1 aliphatic heterocycles. The van der Waals surface area contributed by atoms with Crippen LogP contribution in [-0.4, -0.2) is 195 Å². The zero-order chi connectivity index (χ0) is 70.1. The molecule has 24 heteroatoms. The molecule has 1 unspecified atom stereocenters. The van der Waals surface area contributed by atoms with Gasteiger partial charge in [-0.1, -0.05) is 138 Å². The van der Waals surface area contributed by atoms with Crippen molar-refractivity contribution < 1.29 is 62.6 Å². The standard InChI is InChI=1S/C70H101N9O13S2/c1-42(2)33-54-69(91)77(10)47(8)68(90)78(11)56(34-43(3)4)60(82)35-44(5)67(89)79(12)57(38-50-29-21-15-22-30-50)70(92)76(9)46(7)62(84)71-45(6)59(81)39-51(36-48-25-17-13-18-26-48)63(85)75-55(40-93)58(80)32-24-16-23-31-52(64(86)74-54)72-65(87)53(73-66(88)61(83)41-94)37-49-27-19-14-20-28-49/h13-15,17-22,25-30,42-47,51-57,61,83,93-94H,16,23-24,31-41H2,1-12H3,(H,71,84)(H,72,87)(H,73,88)(H,74,86)(H,75,85)/t44-,45+,46+,47+,51-,52+,53+,54+,55+,56+,57+,61?/m1/s1. The van der Waals surface area contributed by atoms with Gasteiger partial charge in [-0.2, -0.15) is 25.3 Å². The minimum Gasteiger partial charge on any atom is -0.382 e. The van der Waals surface area contributed by atoms with Crippen molar-refractivity contribution in [3.05, 3.63) is 108 Å². The Bertz CT molecular complexity index is 3050. The molecule has 0 spiro atoms. The lowest BCUT2D eigenvalue weighted by molar-refractivity contribution is -0.150. The van der Waals surface area contributed by atoms with E-state index in [9.17, 15) is 62.6 Å². The van der Waals surface area contributed by atoms with Gasteiger partial charge in [-0.05, 0) is 81.4 Å². The maximum atomic E-state index is 14.8. The van der Waals surface area contributed by atoms with Gasteiger partial charge in [-0.15, -0.1) is 0 Å². The molecule has 1 heterocycles. The number of rotatable bonds is 16. The van der Waals surface area contributed by atoms with Crippen molar-refractivity contribution in [1.82, 2.24) is 46.2 Å². The van der Waals surface area contributed by atoms with Crippen LogP contribution in [-0.2, 0) is 76.8 Å². The Labute approximate surface area is 565 Å². The molecular formula is C70H101N9O13S2. The second kappa shape index (κ2) is 38.8. The van der Waals surface area contributed by atoms with E-state index in [4.69, 9.17) is 0 Å². The zero-order valence-corrected chi connectivity index (χ0v) is 58.5. The van der Waals surface area contributed by atoms with Gasteiger partial charge >= 0.3 is 0 Å². The Kier molecular flexibility index (Phi) is 32.6. The van der Waals surface area contributed by atoms with Crippen LogP contribution >= 0.6 is 25.3 Å². The lowest BCUT2D eigenvalue weighted by atomic mass is 9.91. The third kappa shape index (κ3) is 24.1. The highest BCUT2D eigenvalue weighted by molar-refractivity contribution is 7.80. The van der Waals surface area contributed by atoms with Crippen LogP contribution in [0.15, 0.2) is 91.0 Å². The highest BCUT2D eigenvalue weighted by Gasteiger charge is 2.40. The molecule has 12 atom stereocenters. The highest BCUT2D eigenvalue weighted by Crippen LogP contribution is 2.23. The molecule has 3 aromatic rings. The fourth-order valence-electron chi connectivity index (χ4n) is 11.3. The van der Waals surface area contributed by atoms with Gasteiger partial charge in [0, 0.05) is 83.6 Å². The molecule has 3 aromatic carbocycles. The second-order valence-corrected chi connectivity index (χ2v) is 26.6. The van der Waals surface area contributed by atoms with Crippen LogP contribution in [0.4, 0.5) is 0 Å². The highest BCUT2D eigenvalue weighted by atomic mass is 32.1. The quantitative estimate of drug-likeness (QED) is 0.0917. The van der Waals surface area contributed by atoms with Gasteiger partial charge in [0.15, 0.2) is 17.3 Å². The predicted molar refractivity (Wildman–Crippen MR) is 366 cm³/mol. The number of ketones is 3. The molecule has 516 valence electrons. The van der Waals surface area contributed by atoms with Gasteiger partial charge in [-0.3, -0.25) is 57.5 Å². The van der Waals surface area contributed by atoms with E-state index < -0.39 is 137 Å². The third-order valence-electron chi connectivity index (χ3n) is 17.4. The number of likely N-dealkylation sites (N-methyl/N-ethyl adjacent to an activating group) is 4. The van der Waals surface area contributed by atoms with Crippen molar-refractivity contribution in [3.63, 3.8) is 0 Å². The molecule has 1 aliphatic rings. The summed E-state index contributed by atoms with van der Waals surface area (Å²) in [5, 5.41) is 24.1. The summed E-state index contributed by atoms with van der Waals surface area (Å²) < 4.78 is 0. The Morgan fingerprint density at radius 2 is 1.07 bits per heavy atom. The molecule has 0 bridgehead atoms. The number of Topliss-reactive ketones (excluding diaryl/α,β-unsaturated/α-hetero) is 3. The Hall–Kier alpha value is -7.44. The summed E-state index contributed by atoms with van der Waals surface area (Å²) >= 11 is 8.47. The molecule has 4 rings (SSSR count). The lowest BCUT2D eigenvalue weighted by Gasteiger charge is -2.36. The minimum atomic E-state index is -1.56. The van der Waals surface area contributed by atoms with Crippen molar-refractivity contribution in [1.29, 1.82) is 0 Å².